The maximum atomic E-state index is 5.95. The molecule has 0 unspecified atom stereocenters. The molecule has 0 atom stereocenters. The predicted octanol–water partition coefficient (Wildman–Crippen LogP) is 2.29. The molecule has 82 valence electrons. The number of aromatic nitrogens is 1. The number of anilines is 2. The van der Waals surface area contributed by atoms with Crippen LogP contribution in [-0.2, 0) is 13.0 Å². The Balaban J connectivity index is 1.92. The molecule has 2 aromatic rings. The van der Waals surface area contributed by atoms with Gasteiger partial charge in [-0.15, -0.1) is 11.3 Å². The second kappa shape index (κ2) is 3.79. The van der Waals surface area contributed by atoms with Gasteiger partial charge in [-0.25, -0.2) is 4.98 Å². The lowest BCUT2D eigenvalue weighted by Gasteiger charge is -2.28. The van der Waals surface area contributed by atoms with E-state index >= 15 is 0 Å². The van der Waals surface area contributed by atoms with Crippen LogP contribution in [0.3, 0.4) is 0 Å². The monoisotopic (exact) mass is 231 g/mol. The molecule has 16 heavy (non-hydrogen) atoms. The number of hydrogen-bond donors (Lipinski definition) is 1. The minimum atomic E-state index is 0.765. The topological polar surface area (TPSA) is 42.1 Å². The molecule has 2 N–H and O–H groups in total. The Morgan fingerprint density at radius 3 is 3.19 bits per heavy atom. The highest BCUT2D eigenvalue weighted by molar-refractivity contribution is 7.10. The average molecular weight is 231 g/mol. The SMILES string of the molecule is Nc1cccnc1N1CCc2sccc2C1. The van der Waals surface area contributed by atoms with Crippen LogP contribution in [-0.4, -0.2) is 11.5 Å². The number of pyridine rings is 1. The molecule has 0 aliphatic carbocycles. The summed E-state index contributed by atoms with van der Waals surface area (Å²) in [5.74, 6) is 0.916. The minimum Gasteiger partial charge on any atom is -0.396 e. The van der Waals surface area contributed by atoms with E-state index in [1.807, 2.05) is 23.5 Å². The van der Waals surface area contributed by atoms with Crippen LogP contribution in [0.5, 0.6) is 0 Å². The Morgan fingerprint density at radius 1 is 1.38 bits per heavy atom. The molecule has 0 aromatic carbocycles. The molecule has 3 rings (SSSR count). The van der Waals surface area contributed by atoms with Crippen LogP contribution in [0.4, 0.5) is 11.5 Å². The summed E-state index contributed by atoms with van der Waals surface area (Å²) in [6.07, 6.45) is 2.90. The maximum Gasteiger partial charge on any atom is 0.152 e. The van der Waals surface area contributed by atoms with E-state index in [1.165, 1.54) is 10.4 Å². The quantitative estimate of drug-likeness (QED) is 0.818. The molecule has 0 amide bonds. The summed E-state index contributed by atoms with van der Waals surface area (Å²) in [6.45, 7) is 1.94. The highest BCUT2D eigenvalue weighted by atomic mass is 32.1. The molecule has 0 saturated heterocycles. The zero-order valence-corrected chi connectivity index (χ0v) is 9.70. The van der Waals surface area contributed by atoms with E-state index in [2.05, 4.69) is 21.3 Å². The van der Waals surface area contributed by atoms with Crippen LogP contribution in [0, 0.1) is 0 Å². The van der Waals surface area contributed by atoms with Gasteiger partial charge < -0.3 is 10.6 Å². The molecule has 0 saturated carbocycles. The first-order valence-electron chi connectivity index (χ1n) is 5.35. The zero-order valence-electron chi connectivity index (χ0n) is 8.89. The van der Waals surface area contributed by atoms with E-state index in [0.29, 0.717) is 0 Å². The number of fused-ring (bicyclic) bond motifs is 1. The van der Waals surface area contributed by atoms with E-state index in [1.54, 1.807) is 6.20 Å². The van der Waals surface area contributed by atoms with Crippen molar-refractivity contribution < 1.29 is 0 Å². The van der Waals surface area contributed by atoms with Gasteiger partial charge in [-0.3, -0.25) is 0 Å². The molecular formula is C12H13N3S. The first-order valence-corrected chi connectivity index (χ1v) is 6.23. The third-order valence-electron chi connectivity index (χ3n) is 2.92. The summed E-state index contributed by atoms with van der Waals surface area (Å²) in [6, 6.07) is 5.98. The Kier molecular flexibility index (Phi) is 2.29. The van der Waals surface area contributed by atoms with Crippen molar-refractivity contribution in [2.75, 3.05) is 17.2 Å². The molecule has 3 heterocycles. The first kappa shape index (κ1) is 9.66. The molecule has 0 spiro atoms. The van der Waals surface area contributed by atoms with E-state index < -0.39 is 0 Å². The summed E-state index contributed by atoms with van der Waals surface area (Å²) >= 11 is 1.85. The Bertz CT molecular complexity index is 506. The van der Waals surface area contributed by atoms with Crippen LogP contribution in [0.15, 0.2) is 29.8 Å². The zero-order chi connectivity index (χ0) is 11.0. The Labute approximate surface area is 98.5 Å². The summed E-state index contributed by atoms with van der Waals surface area (Å²) < 4.78 is 0. The average Bonchev–Trinajstić information content (AvgIpc) is 2.76. The van der Waals surface area contributed by atoms with Gasteiger partial charge in [-0.2, -0.15) is 0 Å². The van der Waals surface area contributed by atoms with E-state index in [4.69, 9.17) is 5.73 Å². The van der Waals surface area contributed by atoms with Gasteiger partial charge in [0, 0.05) is 24.2 Å². The number of thiophene rings is 1. The third kappa shape index (κ3) is 1.55. The highest BCUT2D eigenvalue weighted by Gasteiger charge is 2.19. The molecule has 0 bridgehead atoms. The molecule has 1 aliphatic rings. The van der Waals surface area contributed by atoms with E-state index in [0.717, 1.165) is 31.0 Å². The lowest BCUT2D eigenvalue weighted by atomic mass is 10.1. The smallest absolute Gasteiger partial charge is 0.152 e. The summed E-state index contributed by atoms with van der Waals surface area (Å²) in [7, 11) is 0. The van der Waals surface area contributed by atoms with Crippen molar-refractivity contribution in [1.29, 1.82) is 0 Å². The van der Waals surface area contributed by atoms with Gasteiger partial charge in [-0.1, -0.05) is 0 Å². The second-order valence-corrected chi connectivity index (χ2v) is 4.96. The molecule has 0 fully saturated rings. The van der Waals surface area contributed by atoms with Crippen LogP contribution in [0.25, 0.3) is 0 Å². The van der Waals surface area contributed by atoms with Gasteiger partial charge in [-0.05, 0) is 35.6 Å². The van der Waals surface area contributed by atoms with Crippen molar-refractivity contribution in [2.24, 2.45) is 0 Å². The summed E-state index contributed by atoms with van der Waals surface area (Å²) in [4.78, 5) is 8.12. The highest BCUT2D eigenvalue weighted by Crippen LogP contribution is 2.29. The molecule has 3 nitrogen and oxygen atoms in total. The Morgan fingerprint density at radius 2 is 2.31 bits per heavy atom. The number of nitrogens with two attached hydrogens (primary N) is 1. The van der Waals surface area contributed by atoms with Gasteiger partial charge in [0.25, 0.3) is 0 Å². The van der Waals surface area contributed by atoms with Crippen molar-refractivity contribution in [3.05, 3.63) is 40.2 Å². The number of hydrogen-bond acceptors (Lipinski definition) is 4. The fraction of sp³-hybridized carbons (Fsp3) is 0.250. The first-order chi connectivity index (χ1) is 7.84. The predicted molar refractivity (Wildman–Crippen MR) is 67.7 cm³/mol. The van der Waals surface area contributed by atoms with Crippen molar-refractivity contribution in [3.63, 3.8) is 0 Å². The summed E-state index contributed by atoms with van der Waals surface area (Å²) in [5, 5.41) is 2.16. The number of nitrogen functional groups attached to an aromatic ring is 1. The second-order valence-electron chi connectivity index (χ2n) is 3.96. The minimum absolute atomic E-state index is 0.765. The molecule has 1 aliphatic heterocycles. The van der Waals surface area contributed by atoms with Crippen LogP contribution < -0.4 is 10.6 Å². The Hall–Kier alpha value is -1.55. The summed E-state index contributed by atoms with van der Waals surface area (Å²) in [5.41, 5.74) is 8.13. The lowest BCUT2D eigenvalue weighted by molar-refractivity contribution is 0.733. The van der Waals surface area contributed by atoms with Crippen molar-refractivity contribution in [1.82, 2.24) is 4.98 Å². The largest absolute Gasteiger partial charge is 0.396 e. The standard InChI is InChI=1S/C12H13N3S/c13-10-2-1-5-14-12(10)15-6-3-11-9(8-15)4-7-16-11/h1-2,4-5,7H,3,6,8,13H2. The third-order valence-corrected chi connectivity index (χ3v) is 3.95. The van der Waals surface area contributed by atoms with Gasteiger partial charge in [0.15, 0.2) is 5.82 Å². The normalized spacial score (nSPS) is 14.9. The molecule has 2 aromatic heterocycles. The van der Waals surface area contributed by atoms with Crippen molar-refractivity contribution in [3.8, 4) is 0 Å². The molecule has 0 radical (unpaired) electrons. The fourth-order valence-corrected chi connectivity index (χ4v) is 2.99. The molecule has 4 heteroatoms. The van der Waals surface area contributed by atoms with Crippen LogP contribution in [0.1, 0.15) is 10.4 Å². The maximum absolute atomic E-state index is 5.95. The van der Waals surface area contributed by atoms with E-state index in [9.17, 15) is 0 Å². The van der Waals surface area contributed by atoms with Gasteiger partial charge in [0.1, 0.15) is 0 Å². The fourth-order valence-electron chi connectivity index (χ4n) is 2.10. The van der Waals surface area contributed by atoms with E-state index in [-0.39, 0.29) is 0 Å². The van der Waals surface area contributed by atoms with Gasteiger partial charge in [0.2, 0.25) is 0 Å². The van der Waals surface area contributed by atoms with Gasteiger partial charge >= 0.3 is 0 Å². The van der Waals surface area contributed by atoms with Crippen molar-refractivity contribution in [2.45, 2.75) is 13.0 Å². The number of nitrogens with zero attached hydrogens (tertiary/aromatic N) is 2. The number of rotatable bonds is 1. The van der Waals surface area contributed by atoms with Crippen molar-refractivity contribution >= 4 is 22.8 Å². The van der Waals surface area contributed by atoms with Crippen LogP contribution >= 0.6 is 11.3 Å². The van der Waals surface area contributed by atoms with Gasteiger partial charge in [0.05, 0.1) is 5.69 Å². The lowest BCUT2D eigenvalue weighted by Crippen LogP contribution is -2.30. The van der Waals surface area contributed by atoms with Crippen LogP contribution in [0.2, 0.25) is 0 Å². The molecular weight excluding hydrogens is 218 g/mol.